The second-order valence-corrected chi connectivity index (χ2v) is 9.81. The molecule has 0 bridgehead atoms. The van der Waals surface area contributed by atoms with Gasteiger partial charge in [0.15, 0.2) is 11.5 Å². The van der Waals surface area contributed by atoms with Crippen molar-refractivity contribution in [2.45, 2.75) is 18.4 Å². The normalized spacial score (nSPS) is 14.6. The molecule has 7 nitrogen and oxygen atoms in total. The zero-order chi connectivity index (χ0) is 24.1. The molecule has 8 heteroatoms. The van der Waals surface area contributed by atoms with Crippen LogP contribution in [-0.2, 0) is 16.7 Å². The molecule has 0 unspecified atom stereocenters. The van der Waals surface area contributed by atoms with Crippen LogP contribution in [0.5, 0.6) is 17.2 Å². The molecule has 0 N–H and O–H groups in total. The predicted octanol–water partition coefficient (Wildman–Crippen LogP) is 4.10. The van der Waals surface area contributed by atoms with Crippen LogP contribution in [0.3, 0.4) is 0 Å². The zero-order valence-corrected chi connectivity index (χ0v) is 20.5. The first-order valence-electron chi connectivity index (χ1n) is 11.2. The number of hydrogen-bond donors (Lipinski definition) is 0. The Labute approximate surface area is 201 Å². The SMILES string of the molecule is COc1cccc(CN2CCN(c3ccc(OS(=O)(=O)c4ccc(C)cc4)cc3)CC2)c1OC. The molecule has 1 aliphatic heterocycles. The van der Waals surface area contributed by atoms with Crippen LogP contribution < -0.4 is 18.6 Å². The number of benzene rings is 3. The molecule has 0 spiro atoms. The van der Waals surface area contributed by atoms with Gasteiger partial charge in [-0.25, -0.2) is 0 Å². The van der Waals surface area contributed by atoms with Gasteiger partial charge in [-0.05, 0) is 49.4 Å². The van der Waals surface area contributed by atoms with E-state index in [1.54, 1.807) is 50.6 Å². The number of piperazine rings is 1. The molecule has 3 aromatic carbocycles. The summed E-state index contributed by atoms with van der Waals surface area (Å²) in [5.41, 5.74) is 3.14. The van der Waals surface area contributed by atoms with E-state index in [-0.39, 0.29) is 4.90 Å². The van der Waals surface area contributed by atoms with Crippen molar-refractivity contribution < 1.29 is 22.1 Å². The van der Waals surface area contributed by atoms with Gasteiger partial charge in [-0.15, -0.1) is 0 Å². The third-order valence-electron chi connectivity index (χ3n) is 5.97. The highest BCUT2D eigenvalue weighted by molar-refractivity contribution is 7.87. The van der Waals surface area contributed by atoms with Crippen LogP contribution in [0.2, 0.25) is 0 Å². The number of ether oxygens (including phenoxy) is 2. The Morgan fingerprint density at radius 1 is 0.824 bits per heavy atom. The van der Waals surface area contributed by atoms with E-state index in [2.05, 4.69) is 15.9 Å². The van der Waals surface area contributed by atoms with Crippen molar-refractivity contribution in [2.75, 3.05) is 45.3 Å². The molecule has 3 aromatic rings. The maximum Gasteiger partial charge on any atom is 0.339 e. The lowest BCUT2D eigenvalue weighted by molar-refractivity contribution is 0.244. The van der Waals surface area contributed by atoms with Gasteiger partial charge in [0.05, 0.1) is 14.2 Å². The van der Waals surface area contributed by atoms with E-state index in [9.17, 15) is 8.42 Å². The largest absolute Gasteiger partial charge is 0.493 e. The summed E-state index contributed by atoms with van der Waals surface area (Å²) < 4.78 is 41.3. The number of para-hydroxylation sites is 1. The van der Waals surface area contributed by atoms with E-state index in [0.29, 0.717) is 5.75 Å². The van der Waals surface area contributed by atoms with Gasteiger partial charge in [-0.3, -0.25) is 4.90 Å². The van der Waals surface area contributed by atoms with Gasteiger partial charge < -0.3 is 18.6 Å². The van der Waals surface area contributed by atoms with Crippen LogP contribution in [0.15, 0.2) is 71.6 Å². The molecular formula is C26H30N2O5S. The molecule has 34 heavy (non-hydrogen) atoms. The van der Waals surface area contributed by atoms with Crippen LogP contribution in [0.4, 0.5) is 5.69 Å². The van der Waals surface area contributed by atoms with E-state index in [1.165, 1.54) is 0 Å². The molecule has 0 aromatic heterocycles. The maximum atomic E-state index is 12.5. The average Bonchev–Trinajstić information content (AvgIpc) is 2.85. The second-order valence-electron chi connectivity index (χ2n) is 8.26. The van der Waals surface area contributed by atoms with Crippen molar-refractivity contribution in [1.82, 2.24) is 4.90 Å². The standard InChI is InChI=1S/C26H30N2O5S/c1-20-7-13-24(14-8-20)34(29,30)33-23-11-9-22(10-12-23)28-17-15-27(16-18-28)19-21-5-4-6-25(31-2)26(21)32-3/h4-14H,15-19H2,1-3H3. The van der Waals surface area contributed by atoms with Gasteiger partial charge in [0.25, 0.3) is 0 Å². The van der Waals surface area contributed by atoms with E-state index in [4.69, 9.17) is 13.7 Å². The number of hydrogen-bond acceptors (Lipinski definition) is 7. The molecule has 1 fully saturated rings. The average molecular weight is 483 g/mol. The van der Waals surface area contributed by atoms with E-state index in [0.717, 1.165) is 61.0 Å². The Bertz CT molecular complexity index is 1200. The molecule has 4 rings (SSSR count). The summed E-state index contributed by atoms with van der Waals surface area (Å²) in [5.74, 6) is 1.82. The molecular weight excluding hydrogens is 452 g/mol. The van der Waals surface area contributed by atoms with Gasteiger partial charge in [-0.2, -0.15) is 8.42 Å². The summed E-state index contributed by atoms with van der Waals surface area (Å²) in [5, 5.41) is 0. The molecule has 1 aliphatic rings. The third-order valence-corrected chi connectivity index (χ3v) is 7.23. The van der Waals surface area contributed by atoms with Crippen LogP contribution in [0, 0.1) is 6.92 Å². The minimum absolute atomic E-state index is 0.144. The Morgan fingerprint density at radius 3 is 2.12 bits per heavy atom. The second kappa shape index (κ2) is 10.4. The van der Waals surface area contributed by atoms with Gasteiger partial charge in [0, 0.05) is 44.0 Å². The summed E-state index contributed by atoms with van der Waals surface area (Å²) in [4.78, 5) is 4.82. The fourth-order valence-electron chi connectivity index (χ4n) is 4.08. The Morgan fingerprint density at radius 2 is 1.50 bits per heavy atom. The fraction of sp³-hybridized carbons (Fsp3) is 0.308. The molecule has 0 radical (unpaired) electrons. The van der Waals surface area contributed by atoms with Gasteiger partial charge in [-0.1, -0.05) is 29.8 Å². The highest BCUT2D eigenvalue weighted by Crippen LogP contribution is 2.32. The predicted molar refractivity (Wildman–Crippen MR) is 132 cm³/mol. The first kappa shape index (κ1) is 23.9. The Balaban J connectivity index is 1.35. The minimum atomic E-state index is -3.86. The highest BCUT2D eigenvalue weighted by Gasteiger charge is 2.21. The number of nitrogens with zero attached hydrogens (tertiary/aromatic N) is 2. The van der Waals surface area contributed by atoms with Crippen LogP contribution in [0.1, 0.15) is 11.1 Å². The first-order valence-corrected chi connectivity index (χ1v) is 12.6. The molecule has 1 heterocycles. The maximum absolute atomic E-state index is 12.5. The molecule has 1 saturated heterocycles. The lowest BCUT2D eigenvalue weighted by atomic mass is 10.1. The monoisotopic (exact) mass is 482 g/mol. The summed E-state index contributed by atoms with van der Waals surface area (Å²) >= 11 is 0. The molecule has 0 saturated carbocycles. The topological polar surface area (TPSA) is 68.3 Å². The summed E-state index contributed by atoms with van der Waals surface area (Å²) in [6.07, 6.45) is 0. The zero-order valence-electron chi connectivity index (χ0n) is 19.7. The smallest absolute Gasteiger partial charge is 0.339 e. The van der Waals surface area contributed by atoms with Crippen LogP contribution in [0.25, 0.3) is 0 Å². The first-order chi connectivity index (χ1) is 16.4. The third kappa shape index (κ3) is 5.46. The van der Waals surface area contributed by atoms with Crippen molar-refractivity contribution in [3.63, 3.8) is 0 Å². The fourth-order valence-corrected chi connectivity index (χ4v) is 5.01. The quantitative estimate of drug-likeness (QED) is 0.448. The molecule has 0 amide bonds. The molecule has 180 valence electrons. The van der Waals surface area contributed by atoms with E-state index >= 15 is 0 Å². The molecule has 0 atom stereocenters. The van der Waals surface area contributed by atoms with Crippen molar-refractivity contribution in [3.8, 4) is 17.2 Å². The van der Waals surface area contributed by atoms with Crippen molar-refractivity contribution in [3.05, 3.63) is 77.9 Å². The van der Waals surface area contributed by atoms with Gasteiger partial charge in [0.2, 0.25) is 0 Å². The number of rotatable bonds is 8. The van der Waals surface area contributed by atoms with E-state index in [1.807, 2.05) is 31.2 Å². The van der Waals surface area contributed by atoms with Crippen molar-refractivity contribution in [2.24, 2.45) is 0 Å². The van der Waals surface area contributed by atoms with E-state index < -0.39 is 10.1 Å². The molecule has 0 aliphatic carbocycles. The van der Waals surface area contributed by atoms with Crippen LogP contribution >= 0.6 is 0 Å². The number of anilines is 1. The Kier molecular flexibility index (Phi) is 7.29. The number of methoxy groups -OCH3 is 2. The van der Waals surface area contributed by atoms with Crippen LogP contribution in [-0.4, -0.2) is 53.7 Å². The lowest BCUT2D eigenvalue weighted by Gasteiger charge is -2.36. The van der Waals surface area contributed by atoms with Crippen molar-refractivity contribution in [1.29, 1.82) is 0 Å². The summed E-state index contributed by atoms with van der Waals surface area (Å²) in [6.45, 7) is 6.24. The summed E-state index contributed by atoms with van der Waals surface area (Å²) in [6, 6.07) is 19.8. The minimum Gasteiger partial charge on any atom is -0.493 e. The Hall–Kier alpha value is -3.23. The lowest BCUT2D eigenvalue weighted by Crippen LogP contribution is -2.46. The van der Waals surface area contributed by atoms with Gasteiger partial charge >= 0.3 is 10.1 Å². The van der Waals surface area contributed by atoms with Gasteiger partial charge in [0.1, 0.15) is 10.6 Å². The summed E-state index contributed by atoms with van der Waals surface area (Å²) in [7, 11) is -0.542. The van der Waals surface area contributed by atoms with Crippen molar-refractivity contribution >= 4 is 15.8 Å². The highest BCUT2D eigenvalue weighted by atomic mass is 32.2. The number of aryl methyl sites for hydroxylation is 1.